The van der Waals surface area contributed by atoms with Crippen molar-refractivity contribution in [3.8, 4) is 0 Å². The van der Waals surface area contributed by atoms with Crippen LogP contribution in [0.5, 0.6) is 0 Å². The quantitative estimate of drug-likeness (QED) is 0.439. The second-order valence-corrected chi connectivity index (χ2v) is 11.3. The SMILES string of the molecule is C=C1/C(=C\C=C2/CCCC3(C)C(C(C)SCC(O)(CC)CC)=CCC23)CCCC1O. The predicted molar refractivity (Wildman–Crippen MR) is 131 cm³/mol. The van der Waals surface area contributed by atoms with Gasteiger partial charge in [-0.1, -0.05) is 56.7 Å². The largest absolute Gasteiger partial charge is 0.389 e. The molecule has 0 aromatic rings. The van der Waals surface area contributed by atoms with Crippen molar-refractivity contribution in [1.29, 1.82) is 0 Å². The summed E-state index contributed by atoms with van der Waals surface area (Å²) >= 11 is 1.93. The van der Waals surface area contributed by atoms with E-state index < -0.39 is 5.60 Å². The van der Waals surface area contributed by atoms with Gasteiger partial charge in [0.15, 0.2) is 0 Å². The van der Waals surface area contributed by atoms with Gasteiger partial charge in [0, 0.05) is 11.0 Å². The van der Waals surface area contributed by atoms with Crippen LogP contribution in [0, 0.1) is 11.3 Å². The minimum absolute atomic E-state index is 0.245. The molecule has 0 aromatic carbocycles. The number of thioether (sulfide) groups is 1. The van der Waals surface area contributed by atoms with Crippen molar-refractivity contribution in [2.45, 2.75) is 102 Å². The molecule has 0 bridgehead atoms. The highest BCUT2D eigenvalue weighted by Crippen LogP contribution is 2.57. The highest BCUT2D eigenvalue weighted by molar-refractivity contribution is 8.00. The van der Waals surface area contributed by atoms with Crippen LogP contribution in [0.15, 0.2) is 47.1 Å². The Labute approximate surface area is 188 Å². The van der Waals surface area contributed by atoms with Gasteiger partial charge in [-0.25, -0.2) is 0 Å². The molecule has 2 N–H and O–H groups in total. The average molecular weight is 431 g/mol. The molecular weight excluding hydrogens is 388 g/mol. The number of allylic oxidation sites excluding steroid dienone is 4. The third-order valence-electron chi connectivity index (χ3n) is 8.20. The summed E-state index contributed by atoms with van der Waals surface area (Å²) in [5.41, 5.74) is 5.05. The van der Waals surface area contributed by atoms with Gasteiger partial charge in [0.05, 0.1) is 11.7 Å². The van der Waals surface area contributed by atoms with E-state index in [1.165, 1.54) is 24.8 Å². The Balaban J connectivity index is 1.72. The summed E-state index contributed by atoms with van der Waals surface area (Å²) in [4.78, 5) is 0. The van der Waals surface area contributed by atoms with Crippen LogP contribution >= 0.6 is 11.8 Å². The van der Waals surface area contributed by atoms with Crippen LogP contribution in [-0.4, -0.2) is 32.9 Å². The van der Waals surface area contributed by atoms with Crippen LogP contribution in [-0.2, 0) is 0 Å². The van der Waals surface area contributed by atoms with Gasteiger partial charge in [-0.3, -0.25) is 0 Å². The highest BCUT2D eigenvalue weighted by Gasteiger charge is 2.46. The molecule has 0 aromatic heterocycles. The van der Waals surface area contributed by atoms with Crippen molar-refractivity contribution in [2.75, 3.05) is 5.75 Å². The van der Waals surface area contributed by atoms with Crippen LogP contribution in [0.25, 0.3) is 0 Å². The minimum Gasteiger partial charge on any atom is -0.389 e. The summed E-state index contributed by atoms with van der Waals surface area (Å²) in [6.07, 6.45) is 16.2. The van der Waals surface area contributed by atoms with E-state index >= 15 is 0 Å². The fraction of sp³-hybridized carbons (Fsp3) is 0.704. The van der Waals surface area contributed by atoms with E-state index in [0.717, 1.165) is 49.9 Å². The van der Waals surface area contributed by atoms with Crippen molar-refractivity contribution in [1.82, 2.24) is 0 Å². The normalized spacial score (nSPS) is 33.7. The van der Waals surface area contributed by atoms with Gasteiger partial charge in [0.25, 0.3) is 0 Å². The number of hydrogen-bond acceptors (Lipinski definition) is 3. The van der Waals surface area contributed by atoms with Crippen molar-refractivity contribution in [3.05, 3.63) is 47.1 Å². The topological polar surface area (TPSA) is 40.5 Å². The van der Waals surface area contributed by atoms with Gasteiger partial charge in [-0.15, -0.1) is 0 Å². The van der Waals surface area contributed by atoms with Gasteiger partial charge >= 0.3 is 0 Å². The van der Waals surface area contributed by atoms with Gasteiger partial charge in [-0.2, -0.15) is 11.8 Å². The number of rotatable bonds is 7. The first-order chi connectivity index (χ1) is 14.2. The van der Waals surface area contributed by atoms with Crippen LogP contribution in [0.2, 0.25) is 0 Å². The van der Waals surface area contributed by atoms with E-state index in [2.05, 4.69) is 52.5 Å². The van der Waals surface area contributed by atoms with E-state index in [1.807, 2.05) is 11.8 Å². The fourth-order valence-corrected chi connectivity index (χ4v) is 7.25. The Morgan fingerprint density at radius 2 is 2.00 bits per heavy atom. The molecule has 3 aliphatic rings. The maximum atomic E-state index is 10.7. The lowest BCUT2D eigenvalue weighted by atomic mass is 9.64. The molecule has 3 rings (SSSR count). The first-order valence-electron chi connectivity index (χ1n) is 12.1. The molecule has 0 radical (unpaired) electrons. The number of hydrogen-bond donors (Lipinski definition) is 2. The Morgan fingerprint density at radius 3 is 2.70 bits per heavy atom. The number of aliphatic hydroxyl groups is 2. The first-order valence-corrected chi connectivity index (χ1v) is 13.1. The van der Waals surface area contributed by atoms with E-state index in [-0.39, 0.29) is 11.5 Å². The Kier molecular flexibility index (Phi) is 7.80. The highest BCUT2D eigenvalue weighted by atomic mass is 32.2. The van der Waals surface area contributed by atoms with Crippen molar-refractivity contribution in [2.24, 2.45) is 11.3 Å². The maximum Gasteiger partial charge on any atom is 0.0787 e. The number of aliphatic hydroxyl groups excluding tert-OH is 1. The van der Waals surface area contributed by atoms with Gasteiger partial charge in [0.2, 0.25) is 0 Å². The molecule has 0 aliphatic heterocycles. The molecule has 168 valence electrons. The monoisotopic (exact) mass is 430 g/mol. The van der Waals surface area contributed by atoms with Gasteiger partial charge in [-0.05, 0) is 87.2 Å². The maximum absolute atomic E-state index is 10.7. The molecule has 0 amide bonds. The van der Waals surface area contributed by atoms with Crippen molar-refractivity contribution >= 4 is 11.8 Å². The molecule has 3 heteroatoms. The van der Waals surface area contributed by atoms with Gasteiger partial charge < -0.3 is 10.2 Å². The molecule has 4 atom stereocenters. The summed E-state index contributed by atoms with van der Waals surface area (Å²) in [7, 11) is 0. The molecule has 0 heterocycles. The third kappa shape index (κ3) is 4.84. The molecule has 2 fully saturated rings. The van der Waals surface area contributed by atoms with Crippen LogP contribution in [0.1, 0.15) is 85.5 Å². The Morgan fingerprint density at radius 1 is 1.27 bits per heavy atom. The zero-order valence-electron chi connectivity index (χ0n) is 19.5. The second kappa shape index (κ2) is 9.79. The summed E-state index contributed by atoms with van der Waals surface area (Å²) in [6, 6.07) is 0. The molecule has 0 saturated heterocycles. The summed E-state index contributed by atoms with van der Waals surface area (Å²) in [5, 5.41) is 21.3. The predicted octanol–water partition coefficient (Wildman–Crippen LogP) is 6.75. The van der Waals surface area contributed by atoms with E-state index in [1.54, 1.807) is 11.1 Å². The Hall–Kier alpha value is -0.770. The second-order valence-electron chi connectivity index (χ2n) is 9.97. The summed E-state index contributed by atoms with van der Waals surface area (Å²) in [5.74, 6) is 1.41. The van der Waals surface area contributed by atoms with Crippen LogP contribution in [0.4, 0.5) is 0 Å². The minimum atomic E-state index is -0.533. The lowest BCUT2D eigenvalue weighted by molar-refractivity contribution is 0.0571. The summed E-state index contributed by atoms with van der Waals surface area (Å²) in [6.45, 7) is 13.1. The molecule has 4 unspecified atom stereocenters. The lowest BCUT2D eigenvalue weighted by Crippen LogP contribution is -2.35. The van der Waals surface area contributed by atoms with E-state index in [4.69, 9.17) is 0 Å². The van der Waals surface area contributed by atoms with Crippen molar-refractivity contribution < 1.29 is 10.2 Å². The standard InChI is InChI=1S/C27H42O2S/c1-6-27(29,7-2)18-30-20(4)23-15-16-24-22(11-9-17-26(23,24)5)14-13-21-10-8-12-25(28)19(21)3/h13-15,20,24-25,28-29H,3,6-12,16-18H2,1-2,4-5H3/b21-13-,22-14+. The van der Waals surface area contributed by atoms with Crippen LogP contribution < -0.4 is 0 Å². The molecule has 30 heavy (non-hydrogen) atoms. The smallest absolute Gasteiger partial charge is 0.0787 e. The van der Waals surface area contributed by atoms with Crippen molar-refractivity contribution in [3.63, 3.8) is 0 Å². The Bertz CT molecular complexity index is 727. The summed E-state index contributed by atoms with van der Waals surface area (Å²) < 4.78 is 0. The molecule has 2 nitrogen and oxygen atoms in total. The lowest BCUT2D eigenvalue weighted by Gasteiger charge is -2.42. The molecule has 3 aliphatic carbocycles. The first kappa shape index (κ1) is 23.9. The molecule has 0 spiro atoms. The van der Waals surface area contributed by atoms with E-state index in [9.17, 15) is 10.2 Å². The average Bonchev–Trinajstić information content (AvgIpc) is 3.10. The third-order valence-corrected chi connectivity index (χ3v) is 9.66. The fourth-order valence-electron chi connectivity index (χ4n) is 5.74. The van der Waals surface area contributed by atoms with Gasteiger partial charge in [0.1, 0.15) is 0 Å². The van der Waals surface area contributed by atoms with E-state index in [0.29, 0.717) is 11.2 Å². The molecule has 2 saturated carbocycles. The zero-order valence-corrected chi connectivity index (χ0v) is 20.4. The zero-order chi connectivity index (χ0) is 21.9. The molecular formula is C27H42O2S. The van der Waals surface area contributed by atoms with Crippen LogP contribution in [0.3, 0.4) is 0 Å². The number of fused-ring (bicyclic) bond motifs is 1.